The van der Waals surface area contributed by atoms with Gasteiger partial charge in [-0.25, -0.2) is 0 Å². The van der Waals surface area contributed by atoms with Crippen LogP contribution in [0.2, 0.25) is 0 Å². The molecule has 0 heterocycles. The first-order valence-electron chi connectivity index (χ1n) is 5.09. The van der Waals surface area contributed by atoms with Crippen LogP contribution in [0.15, 0.2) is 22.7 Å². The highest BCUT2D eigenvalue weighted by Gasteiger charge is 2.09. The van der Waals surface area contributed by atoms with Gasteiger partial charge in [-0.3, -0.25) is 9.59 Å². The molecule has 1 N–H and O–H groups in total. The highest BCUT2D eigenvalue weighted by atomic mass is 79.9. The maximum absolute atomic E-state index is 11.0. The number of hydrogen-bond acceptors (Lipinski definition) is 3. The zero-order valence-corrected chi connectivity index (χ0v) is 11.0. The van der Waals surface area contributed by atoms with Crippen molar-refractivity contribution in [1.29, 1.82) is 0 Å². The van der Waals surface area contributed by atoms with Crippen LogP contribution in [0.1, 0.15) is 17.5 Å². The van der Waals surface area contributed by atoms with Crippen molar-refractivity contribution >= 4 is 27.9 Å². The van der Waals surface area contributed by atoms with E-state index in [0.29, 0.717) is 6.42 Å². The summed E-state index contributed by atoms with van der Waals surface area (Å²) in [5.41, 5.74) is 1.58. The van der Waals surface area contributed by atoms with Gasteiger partial charge in [0.15, 0.2) is 0 Å². The molecule has 0 aliphatic heterocycles. The Bertz CT molecular complexity index is 429. The van der Waals surface area contributed by atoms with E-state index in [1.165, 1.54) is 7.11 Å². The summed E-state index contributed by atoms with van der Waals surface area (Å²) in [6.45, 7) is 0. The smallest absolute Gasteiger partial charge is 0.307 e. The number of carbonyl (C=O) groups is 2. The van der Waals surface area contributed by atoms with Crippen molar-refractivity contribution in [3.8, 4) is 0 Å². The first-order chi connectivity index (χ1) is 8.02. The van der Waals surface area contributed by atoms with Crippen molar-refractivity contribution in [1.82, 2.24) is 0 Å². The molecular weight excluding hydrogens is 288 g/mol. The largest absolute Gasteiger partial charge is 0.481 e. The van der Waals surface area contributed by atoms with Crippen LogP contribution >= 0.6 is 15.9 Å². The predicted molar refractivity (Wildman–Crippen MR) is 65.8 cm³/mol. The number of carboxylic acid groups (broad SMARTS) is 1. The quantitative estimate of drug-likeness (QED) is 0.847. The monoisotopic (exact) mass is 300 g/mol. The Kier molecular flexibility index (Phi) is 5.15. The minimum atomic E-state index is -0.887. The van der Waals surface area contributed by atoms with Crippen LogP contribution in [-0.2, 0) is 27.2 Å². The van der Waals surface area contributed by atoms with Crippen LogP contribution < -0.4 is 0 Å². The molecule has 92 valence electrons. The molecule has 1 aromatic rings. The van der Waals surface area contributed by atoms with Crippen molar-refractivity contribution in [2.24, 2.45) is 0 Å². The molecule has 1 aromatic carbocycles. The first kappa shape index (κ1) is 13.7. The number of carbonyl (C=O) groups excluding carboxylic acids is 1. The molecule has 0 atom stereocenters. The summed E-state index contributed by atoms with van der Waals surface area (Å²) in [5, 5.41) is 8.80. The lowest BCUT2D eigenvalue weighted by Gasteiger charge is -2.07. The number of aliphatic carboxylic acids is 1. The SMILES string of the molecule is COC(=O)CCc1ccc(Br)cc1CC(=O)O. The van der Waals surface area contributed by atoms with Crippen molar-refractivity contribution in [2.45, 2.75) is 19.3 Å². The summed E-state index contributed by atoms with van der Waals surface area (Å²) in [6, 6.07) is 5.42. The van der Waals surface area contributed by atoms with Gasteiger partial charge in [-0.15, -0.1) is 0 Å². The van der Waals surface area contributed by atoms with Crippen molar-refractivity contribution in [3.05, 3.63) is 33.8 Å². The molecule has 0 aliphatic carbocycles. The third kappa shape index (κ3) is 4.56. The molecule has 0 unspecified atom stereocenters. The van der Waals surface area contributed by atoms with Crippen LogP contribution in [0, 0.1) is 0 Å². The van der Waals surface area contributed by atoms with Crippen LogP contribution in [0.5, 0.6) is 0 Å². The van der Waals surface area contributed by atoms with E-state index in [9.17, 15) is 9.59 Å². The molecule has 1 rings (SSSR count). The lowest BCUT2D eigenvalue weighted by atomic mass is 10.0. The predicted octanol–water partition coefficient (Wildman–Crippen LogP) is 2.18. The van der Waals surface area contributed by atoms with E-state index >= 15 is 0 Å². The zero-order valence-electron chi connectivity index (χ0n) is 9.40. The summed E-state index contributed by atoms with van der Waals surface area (Å²) < 4.78 is 5.38. The second-order valence-corrected chi connectivity index (χ2v) is 4.48. The van der Waals surface area contributed by atoms with Crippen LogP contribution in [-0.4, -0.2) is 24.2 Å². The van der Waals surface area contributed by atoms with Crippen molar-refractivity contribution in [3.63, 3.8) is 0 Å². The minimum Gasteiger partial charge on any atom is -0.481 e. The average Bonchev–Trinajstić information content (AvgIpc) is 2.26. The first-order valence-corrected chi connectivity index (χ1v) is 5.88. The number of ether oxygens (including phenoxy) is 1. The minimum absolute atomic E-state index is 0.0457. The summed E-state index contributed by atoms with van der Waals surface area (Å²) in [5.74, 6) is -1.18. The fourth-order valence-corrected chi connectivity index (χ4v) is 1.91. The summed E-state index contributed by atoms with van der Waals surface area (Å²) in [6.07, 6.45) is 0.698. The van der Waals surface area contributed by atoms with Gasteiger partial charge in [-0.2, -0.15) is 0 Å². The van der Waals surface area contributed by atoms with E-state index < -0.39 is 5.97 Å². The van der Waals surface area contributed by atoms with Gasteiger partial charge < -0.3 is 9.84 Å². The molecule has 5 heteroatoms. The lowest BCUT2D eigenvalue weighted by molar-refractivity contribution is -0.140. The maximum atomic E-state index is 11.0. The molecule has 0 spiro atoms. The van der Waals surface area contributed by atoms with E-state index in [-0.39, 0.29) is 18.8 Å². The fourth-order valence-electron chi connectivity index (χ4n) is 1.50. The normalized spacial score (nSPS) is 10.0. The third-order valence-corrected chi connectivity index (χ3v) is 2.83. The third-order valence-electron chi connectivity index (χ3n) is 2.34. The van der Waals surface area contributed by atoms with Crippen LogP contribution in [0.25, 0.3) is 0 Å². The molecule has 0 bridgehead atoms. The summed E-state index contributed by atoms with van der Waals surface area (Å²) in [4.78, 5) is 21.8. The Morgan fingerprint density at radius 1 is 1.35 bits per heavy atom. The van der Waals surface area contributed by atoms with Gasteiger partial charge in [0, 0.05) is 10.9 Å². The maximum Gasteiger partial charge on any atom is 0.307 e. The number of rotatable bonds is 5. The van der Waals surface area contributed by atoms with Gasteiger partial charge in [0.2, 0.25) is 0 Å². The van der Waals surface area contributed by atoms with E-state index in [4.69, 9.17) is 5.11 Å². The standard InChI is InChI=1S/C12H13BrO4/c1-17-12(16)5-3-8-2-4-10(13)6-9(8)7-11(14)15/h2,4,6H,3,5,7H2,1H3,(H,14,15). The van der Waals surface area contributed by atoms with Crippen molar-refractivity contribution in [2.75, 3.05) is 7.11 Å². The van der Waals surface area contributed by atoms with Gasteiger partial charge in [0.1, 0.15) is 0 Å². The Morgan fingerprint density at radius 2 is 2.06 bits per heavy atom. The number of benzene rings is 1. The number of methoxy groups -OCH3 is 1. The molecule has 0 amide bonds. The molecule has 0 saturated heterocycles. The molecule has 17 heavy (non-hydrogen) atoms. The lowest BCUT2D eigenvalue weighted by Crippen LogP contribution is -2.07. The Morgan fingerprint density at radius 3 is 2.65 bits per heavy atom. The van der Waals surface area contributed by atoms with Gasteiger partial charge >= 0.3 is 11.9 Å². The highest BCUT2D eigenvalue weighted by Crippen LogP contribution is 2.19. The molecular formula is C12H13BrO4. The second-order valence-electron chi connectivity index (χ2n) is 3.56. The molecule has 0 saturated carbocycles. The van der Waals surface area contributed by atoms with E-state index in [1.54, 1.807) is 6.07 Å². The molecule has 0 fully saturated rings. The van der Waals surface area contributed by atoms with E-state index in [2.05, 4.69) is 20.7 Å². The molecule has 0 aromatic heterocycles. The topological polar surface area (TPSA) is 63.6 Å². The van der Waals surface area contributed by atoms with Crippen LogP contribution in [0.3, 0.4) is 0 Å². The number of hydrogen-bond donors (Lipinski definition) is 1. The van der Waals surface area contributed by atoms with E-state index in [1.807, 2.05) is 12.1 Å². The number of carboxylic acids is 1. The number of esters is 1. The summed E-state index contributed by atoms with van der Waals surface area (Å²) in [7, 11) is 1.34. The van der Waals surface area contributed by atoms with E-state index in [0.717, 1.165) is 15.6 Å². The Hall–Kier alpha value is -1.36. The van der Waals surface area contributed by atoms with Crippen LogP contribution in [0.4, 0.5) is 0 Å². The second kappa shape index (κ2) is 6.39. The molecule has 4 nitrogen and oxygen atoms in total. The van der Waals surface area contributed by atoms with Crippen molar-refractivity contribution < 1.29 is 19.4 Å². The van der Waals surface area contributed by atoms with Gasteiger partial charge in [-0.05, 0) is 29.7 Å². The van der Waals surface area contributed by atoms with Gasteiger partial charge in [0.25, 0.3) is 0 Å². The zero-order chi connectivity index (χ0) is 12.8. The summed E-state index contributed by atoms with van der Waals surface area (Å²) >= 11 is 3.30. The number of halogens is 1. The fraction of sp³-hybridized carbons (Fsp3) is 0.333. The van der Waals surface area contributed by atoms with Gasteiger partial charge in [0.05, 0.1) is 13.5 Å². The van der Waals surface area contributed by atoms with Gasteiger partial charge in [-0.1, -0.05) is 22.0 Å². The highest BCUT2D eigenvalue weighted by molar-refractivity contribution is 9.10. The molecule has 0 aliphatic rings. The number of aryl methyl sites for hydroxylation is 1. The Labute approximate surface area is 108 Å². The molecule has 0 radical (unpaired) electrons. The Balaban J connectivity index is 2.82. The average molecular weight is 301 g/mol.